The molecule has 0 atom stereocenters. The fourth-order valence-electron chi connectivity index (χ4n) is 3.57. The van der Waals surface area contributed by atoms with Crippen LogP contribution in [-0.2, 0) is 10.2 Å². The minimum atomic E-state index is -0.293. The molecule has 1 aromatic carbocycles. The summed E-state index contributed by atoms with van der Waals surface area (Å²) in [6.07, 6.45) is 4.19. The highest BCUT2D eigenvalue weighted by atomic mass is 32.2. The number of likely N-dealkylation sites (tertiary alicyclic amines) is 1. The topological polar surface area (TPSA) is 55.5 Å². The van der Waals surface area contributed by atoms with Crippen molar-refractivity contribution < 1.29 is 9.21 Å². The molecule has 5 nitrogen and oxygen atoms in total. The Balaban J connectivity index is 1.82. The summed E-state index contributed by atoms with van der Waals surface area (Å²) in [6, 6.07) is 6.09. The van der Waals surface area contributed by atoms with Gasteiger partial charge in [0.15, 0.2) is 5.58 Å². The van der Waals surface area contributed by atoms with Gasteiger partial charge in [0.1, 0.15) is 0 Å². The molecule has 0 N–H and O–H groups in total. The zero-order valence-corrected chi connectivity index (χ0v) is 16.9. The molecule has 0 bridgehead atoms. The van der Waals surface area contributed by atoms with Gasteiger partial charge in [-0.3, -0.25) is 9.36 Å². The molecule has 0 spiro atoms. The van der Waals surface area contributed by atoms with Crippen molar-refractivity contribution in [1.82, 2.24) is 9.47 Å². The molecule has 1 saturated heterocycles. The van der Waals surface area contributed by atoms with E-state index in [1.165, 1.54) is 5.56 Å². The third kappa shape index (κ3) is 3.85. The van der Waals surface area contributed by atoms with Gasteiger partial charge < -0.3 is 9.32 Å². The second-order valence-corrected chi connectivity index (χ2v) is 9.01. The van der Waals surface area contributed by atoms with Crippen LogP contribution in [0.5, 0.6) is 0 Å². The van der Waals surface area contributed by atoms with Crippen LogP contribution in [0, 0.1) is 0 Å². The number of aromatic nitrogens is 1. The van der Waals surface area contributed by atoms with Gasteiger partial charge in [0, 0.05) is 31.3 Å². The van der Waals surface area contributed by atoms with E-state index >= 15 is 0 Å². The van der Waals surface area contributed by atoms with Gasteiger partial charge in [0.25, 0.3) is 0 Å². The van der Waals surface area contributed by atoms with Crippen LogP contribution in [0.3, 0.4) is 0 Å². The van der Waals surface area contributed by atoms with E-state index in [0.29, 0.717) is 25.1 Å². The number of amides is 1. The number of carbonyl (C=O) groups excluding carboxylic acids is 1. The highest BCUT2D eigenvalue weighted by Gasteiger charge is 2.27. The Morgan fingerprint density at radius 2 is 1.96 bits per heavy atom. The fraction of sp³-hybridized carbons (Fsp3) is 0.600. The normalized spacial score (nSPS) is 16.4. The van der Waals surface area contributed by atoms with Gasteiger partial charge >= 0.3 is 5.76 Å². The molecule has 1 aromatic heterocycles. The highest BCUT2D eigenvalue weighted by molar-refractivity contribution is 7.98. The molecule has 1 amide bonds. The van der Waals surface area contributed by atoms with Crippen molar-refractivity contribution in [3.05, 3.63) is 34.3 Å². The summed E-state index contributed by atoms with van der Waals surface area (Å²) in [5, 5.41) is 0. The third-order valence-corrected chi connectivity index (χ3v) is 5.79. The van der Waals surface area contributed by atoms with Crippen LogP contribution in [0.25, 0.3) is 11.1 Å². The summed E-state index contributed by atoms with van der Waals surface area (Å²) >= 11 is 1.69. The van der Waals surface area contributed by atoms with E-state index in [2.05, 4.69) is 26.8 Å². The lowest BCUT2D eigenvalue weighted by Crippen LogP contribution is -2.40. The number of oxazole rings is 1. The van der Waals surface area contributed by atoms with Crippen molar-refractivity contribution in [2.24, 2.45) is 0 Å². The number of rotatable bonds is 4. The van der Waals surface area contributed by atoms with Crippen LogP contribution in [0.4, 0.5) is 0 Å². The Kier molecular flexibility index (Phi) is 5.51. The van der Waals surface area contributed by atoms with Gasteiger partial charge in [0.2, 0.25) is 5.91 Å². The molecule has 6 heteroatoms. The van der Waals surface area contributed by atoms with Crippen LogP contribution in [0.1, 0.15) is 51.6 Å². The average Bonchev–Trinajstić information content (AvgIpc) is 2.94. The number of hydrogen-bond acceptors (Lipinski definition) is 4. The summed E-state index contributed by atoms with van der Waals surface area (Å²) < 4.78 is 7.27. The zero-order valence-electron chi connectivity index (χ0n) is 16.1. The lowest BCUT2D eigenvalue weighted by molar-refractivity contribution is -0.132. The Morgan fingerprint density at radius 3 is 2.58 bits per heavy atom. The quantitative estimate of drug-likeness (QED) is 0.814. The van der Waals surface area contributed by atoms with E-state index in [1.54, 1.807) is 16.3 Å². The maximum absolute atomic E-state index is 12.5. The minimum Gasteiger partial charge on any atom is -0.408 e. The van der Waals surface area contributed by atoms with Gasteiger partial charge in [-0.2, -0.15) is 11.8 Å². The first-order valence-corrected chi connectivity index (χ1v) is 10.6. The van der Waals surface area contributed by atoms with Crippen molar-refractivity contribution >= 4 is 28.8 Å². The van der Waals surface area contributed by atoms with E-state index < -0.39 is 0 Å². The Morgan fingerprint density at radius 1 is 1.27 bits per heavy atom. The number of hydrogen-bond donors (Lipinski definition) is 0. The molecule has 1 fully saturated rings. The van der Waals surface area contributed by atoms with Crippen molar-refractivity contribution in [1.29, 1.82) is 0 Å². The van der Waals surface area contributed by atoms with Crippen LogP contribution in [-0.4, -0.2) is 40.5 Å². The standard InChI is InChI=1S/C20H28N2O3S/c1-20(2,3)14-5-6-17-16(13-14)22(19(24)25-17)15-7-10-21(11-8-15)18(23)9-12-26-4/h5-6,13,15H,7-12H2,1-4H3. The lowest BCUT2D eigenvalue weighted by atomic mass is 9.87. The van der Waals surface area contributed by atoms with Gasteiger partial charge in [0.05, 0.1) is 5.52 Å². The number of benzene rings is 1. The number of nitrogens with zero attached hydrogens (tertiary/aromatic N) is 2. The van der Waals surface area contributed by atoms with Crippen molar-refractivity contribution in [2.75, 3.05) is 25.1 Å². The number of thioether (sulfide) groups is 1. The molecule has 3 rings (SSSR count). The summed E-state index contributed by atoms with van der Waals surface area (Å²) in [7, 11) is 0. The van der Waals surface area contributed by atoms with Gasteiger partial charge in [-0.15, -0.1) is 0 Å². The van der Waals surface area contributed by atoms with Crippen molar-refractivity contribution in [2.45, 2.75) is 51.5 Å². The molecule has 2 aromatic rings. The fourth-order valence-corrected chi connectivity index (χ4v) is 3.95. The molecule has 1 aliphatic rings. The Hall–Kier alpha value is -1.69. The second kappa shape index (κ2) is 7.51. The minimum absolute atomic E-state index is 0.0133. The number of fused-ring (bicyclic) bond motifs is 1. The molecule has 0 aliphatic carbocycles. The van der Waals surface area contributed by atoms with Crippen molar-refractivity contribution in [3.63, 3.8) is 0 Å². The predicted molar refractivity (Wildman–Crippen MR) is 107 cm³/mol. The summed E-state index contributed by atoms with van der Waals surface area (Å²) in [4.78, 5) is 26.6. The van der Waals surface area contributed by atoms with Crippen molar-refractivity contribution in [3.8, 4) is 0 Å². The second-order valence-electron chi connectivity index (χ2n) is 8.03. The number of carbonyl (C=O) groups is 1. The van der Waals surface area contributed by atoms with E-state index in [4.69, 9.17) is 4.42 Å². The molecule has 1 aliphatic heterocycles. The lowest BCUT2D eigenvalue weighted by Gasteiger charge is -2.32. The average molecular weight is 377 g/mol. The Labute approximate surface area is 158 Å². The zero-order chi connectivity index (χ0) is 18.9. The first kappa shape index (κ1) is 19.1. The smallest absolute Gasteiger partial charge is 0.408 e. The Bertz CT molecular complexity index is 839. The first-order chi connectivity index (χ1) is 12.3. The monoisotopic (exact) mass is 376 g/mol. The molecule has 142 valence electrons. The summed E-state index contributed by atoms with van der Waals surface area (Å²) in [5.74, 6) is 0.788. The maximum Gasteiger partial charge on any atom is 0.420 e. The largest absolute Gasteiger partial charge is 0.420 e. The van der Waals surface area contributed by atoms with Crippen LogP contribution >= 0.6 is 11.8 Å². The molecule has 0 unspecified atom stereocenters. The molecular weight excluding hydrogens is 348 g/mol. The molecule has 0 radical (unpaired) electrons. The molecule has 26 heavy (non-hydrogen) atoms. The SMILES string of the molecule is CSCCC(=O)N1CCC(n2c(=O)oc3ccc(C(C)(C)C)cc32)CC1. The van der Waals surface area contributed by atoms with E-state index in [0.717, 1.165) is 24.1 Å². The van der Waals surface area contributed by atoms with Gasteiger partial charge in [-0.1, -0.05) is 26.8 Å². The first-order valence-electron chi connectivity index (χ1n) is 9.23. The van der Waals surface area contributed by atoms with Crippen LogP contribution in [0.2, 0.25) is 0 Å². The highest BCUT2D eigenvalue weighted by Crippen LogP contribution is 2.30. The maximum atomic E-state index is 12.5. The van der Waals surface area contributed by atoms with Gasteiger partial charge in [-0.25, -0.2) is 4.79 Å². The predicted octanol–water partition coefficient (Wildman–Crippen LogP) is 3.81. The van der Waals surface area contributed by atoms with Crippen LogP contribution < -0.4 is 5.76 Å². The third-order valence-electron chi connectivity index (χ3n) is 5.18. The van der Waals surface area contributed by atoms with Crippen LogP contribution in [0.15, 0.2) is 27.4 Å². The summed E-state index contributed by atoms with van der Waals surface area (Å²) in [5.41, 5.74) is 2.71. The van der Waals surface area contributed by atoms with E-state index in [-0.39, 0.29) is 23.1 Å². The molecule has 2 heterocycles. The molecule has 0 saturated carbocycles. The number of piperidine rings is 1. The van der Waals surface area contributed by atoms with Gasteiger partial charge in [-0.05, 0) is 42.2 Å². The summed E-state index contributed by atoms with van der Waals surface area (Å²) in [6.45, 7) is 7.89. The van der Waals surface area contributed by atoms with E-state index in [9.17, 15) is 9.59 Å². The molecular formula is C20H28N2O3S. The van der Waals surface area contributed by atoms with E-state index in [1.807, 2.05) is 23.3 Å².